The zero-order valence-corrected chi connectivity index (χ0v) is 16.9. The summed E-state index contributed by atoms with van der Waals surface area (Å²) in [6.45, 7) is 0.339. The highest BCUT2D eigenvalue weighted by molar-refractivity contribution is 5.82. The van der Waals surface area contributed by atoms with Crippen LogP contribution in [-0.2, 0) is 9.47 Å². The molecule has 1 unspecified atom stereocenters. The maximum atomic E-state index is 6.34. The maximum absolute atomic E-state index is 6.34. The number of pyridine rings is 1. The van der Waals surface area contributed by atoms with Crippen LogP contribution in [-0.4, -0.2) is 40.0 Å². The Morgan fingerprint density at radius 3 is 2.31 bits per heavy atom. The van der Waals surface area contributed by atoms with Crippen LogP contribution in [0.25, 0.3) is 17.0 Å². The molecule has 2 aromatic carbocycles. The number of hydrogen-bond donors (Lipinski definition) is 0. The van der Waals surface area contributed by atoms with Gasteiger partial charge in [0, 0.05) is 36.3 Å². The van der Waals surface area contributed by atoms with Gasteiger partial charge in [0.25, 0.3) is 0 Å². The van der Waals surface area contributed by atoms with Crippen molar-refractivity contribution in [1.82, 2.24) is 4.98 Å². The molecule has 0 fully saturated rings. The Kier molecular flexibility index (Phi) is 5.27. The highest BCUT2D eigenvalue weighted by Gasteiger charge is 2.31. The number of para-hydroxylation sites is 1. The fraction of sp³-hybridized carbons (Fsp3) is 0.261. The first-order valence-corrected chi connectivity index (χ1v) is 9.24. The van der Waals surface area contributed by atoms with Crippen molar-refractivity contribution in [2.24, 2.45) is 0 Å². The number of methoxy groups -OCH3 is 4. The van der Waals surface area contributed by atoms with Gasteiger partial charge < -0.3 is 23.7 Å². The Balaban J connectivity index is 1.95. The molecule has 6 heteroatoms. The van der Waals surface area contributed by atoms with Crippen molar-refractivity contribution >= 4 is 17.0 Å². The van der Waals surface area contributed by atoms with Crippen LogP contribution in [0.4, 0.5) is 0 Å². The fourth-order valence-electron chi connectivity index (χ4n) is 3.60. The van der Waals surface area contributed by atoms with Crippen LogP contribution in [0.15, 0.2) is 48.2 Å². The van der Waals surface area contributed by atoms with E-state index in [0.717, 1.165) is 27.7 Å². The number of benzene rings is 2. The molecule has 0 amide bonds. The first-order valence-electron chi connectivity index (χ1n) is 9.24. The van der Waals surface area contributed by atoms with Gasteiger partial charge in [0.15, 0.2) is 6.10 Å². The van der Waals surface area contributed by atoms with E-state index in [1.54, 1.807) is 28.4 Å². The van der Waals surface area contributed by atoms with Gasteiger partial charge in [-0.15, -0.1) is 0 Å². The molecule has 0 bridgehead atoms. The second kappa shape index (κ2) is 8.01. The summed E-state index contributed by atoms with van der Waals surface area (Å²) in [5.74, 6) is 2.56. The van der Waals surface area contributed by atoms with Crippen molar-refractivity contribution in [3.63, 3.8) is 0 Å². The molecular weight excluding hydrogens is 370 g/mol. The zero-order chi connectivity index (χ0) is 20.4. The lowest BCUT2D eigenvalue weighted by molar-refractivity contribution is 0.0921. The Morgan fingerprint density at radius 2 is 1.66 bits per heavy atom. The van der Waals surface area contributed by atoms with Gasteiger partial charge >= 0.3 is 0 Å². The minimum Gasteiger partial charge on any atom is -0.496 e. The van der Waals surface area contributed by atoms with E-state index in [9.17, 15) is 0 Å². The lowest BCUT2D eigenvalue weighted by Gasteiger charge is -2.29. The molecule has 3 aromatic rings. The molecule has 0 aliphatic carbocycles. The summed E-state index contributed by atoms with van der Waals surface area (Å²) in [7, 11) is 6.48. The molecule has 1 aliphatic heterocycles. The van der Waals surface area contributed by atoms with Gasteiger partial charge in [0.2, 0.25) is 0 Å². The summed E-state index contributed by atoms with van der Waals surface area (Å²) < 4.78 is 28.4. The highest BCUT2D eigenvalue weighted by atomic mass is 16.5. The van der Waals surface area contributed by atoms with Gasteiger partial charge in [-0.3, -0.25) is 0 Å². The lowest BCUT2D eigenvalue weighted by Crippen LogP contribution is -2.17. The van der Waals surface area contributed by atoms with E-state index in [4.69, 9.17) is 28.7 Å². The average Bonchev–Trinajstić information content (AvgIpc) is 2.76. The quantitative estimate of drug-likeness (QED) is 0.620. The lowest BCUT2D eigenvalue weighted by atomic mass is 9.94. The topological polar surface area (TPSA) is 59.0 Å². The highest BCUT2D eigenvalue weighted by Crippen LogP contribution is 2.46. The molecule has 0 spiro atoms. The molecular formula is C23H23NO5. The Labute approximate surface area is 169 Å². The summed E-state index contributed by atoms with van der Waals surface area (Å²) in [5.41, 5.74) is 3.47. The normalized spacial score (nSPS) is 15.3. The number of hydrogen-bond acceptors (Lipinski definition) is 6. The molecule has 1 aliphatic rings. The van der Waals surface area contributed by atoms with Crippen LogP contribution in [0.2, 0.25) is 0 Å². The van der Waals surface area contributed by atoms with Crippen molar-refractivity contribution < 1.29 is 23.7 Å². The third-order valence-electron chi connectivity index (χ3n) is 4.94. The second-order valence-electron chi connectivity index (χ2n) is 6.64. The summed E-state index contributed by atoms with van der Waals surface area (Å²) >= 11 is 0. The summed E-state index contributed by atoms with van der Waals surface area (Å²) in [6.07, 6.45) is 1.46. The van der Waals surface area contributed by atoms with Gasteiger partial charge in [0.05, 0.1) is 38.1 Å². The van der Waals surface area contributed by atoms with Crippen molar-refractivity contribution in [2.45, 2.75) is 6.10 Å². The maximum Gasteiger partial charge on any atom is 0.158 e. The van der Waals surface area contributed by atoms with Crippen LogP contribution in [0, 0.1) is 0 Å². The SMILES string of the molecule is COCC1=Cc2nc3ccccc3cc2C(c2c(OC)cc(OC)cc2OC)O1. The van der Waals surface area contributed by atoms with Gasteiger partial charge in [-0.25, -0.2) is 4.98 Å². The molecule has 29 heavy (non-hydrogen) atoms. The second-order valence-corrected chi connectivity index (χ2v) is 6.64. The Bertz CT molecular complexity index is 1050. The molecule has 0 saturated heterocycles. The fourth-order valence-corrected chi connectivity index (χ4v) is 3.60. The third kappa shape index (κ3) is 3.47. The molecule has 0 saturated carbocycles. The predicted octanol–water partition coefficient (Wildman–Crippen LogP) is 4.37. The first kappa shape index (κ1) is 19.1. The standard InChI is InChI=1S/C23H23NO5/c1-25-13-16-10-19-17(9-14-7-5-6-8-18(14)24-19)23(29-16)22-20(27-3)11-15(26-2)12-21(22)28-4/h5-12,23H,13H2,1-4H3. The van der Waals surface area contributed by atoms with Gasteiger partial charge in [-0.2, -0.15) is 0 Å². The van der Waals surface area contributed by atoms with Crippen LogP contribution in [0.3, 0.4) is 0 Å². The summed E-state index contributed by atoms with van der Waals surface area (Å²) in [6, 6.07) is 13.8. The van der Waals surface area contributed by atoms with Crippen LogP contribution >= 0.6 is 0 Å². The summed E-state index contributed by atoms with van der Waals surface area (Å²) in [5, 5.41) is 1.04. The van der Waals surface area contributed by atoms with E-state index in [2.05, 4.69) is 6.07 Å². The van der Waals surface area contributed by atoms with Crippen LogP contribution < -0.4 is 14.2 Å². The number of ether oxygens (including phenoxy) is 5. The van der Waals surface area contributed by atoms with Crippen molar-refractivity contribution in [1.29, 1.82) is 0 Å². The minimum atomic E-state index is -0.465. The van der Waals surface area contributed by atoms with E-state index in [1.807, 2.05) is 42.5 Å². The average molecular weight is 393 g/mol. The third-order valence-corrected chi connectivity index (χ3v) is 4.94. The van der Waals surface area contributed by atoms with Crippen molar-refractivity contribution in [3.8, 4) is 17.2 Å². The minimum absolute atomic E-state index is 0.339. The zero-order valence-electron chi connectivity index (χ0n) is 16.9. The Hall–Kier alpha value is -3.25. The number of aromatic nitrogens is 1. The van der Waals surface area contributed by atoms with E-state index in [1.165, 1.54) is 0 Å². The predicted molar refractivity (Wildman–Crippen MR) is 111 cm³/mol. The number of nitrogens with zero attached hydrogens (tertiary/aromatic N) is 1. The van der Waals surface area contributed by atoms with Crippen LogP contribution in [0.5, 0.6) is 17.2 Å². The van der Waals surface area contributed by atoms with E-state index >= 15 is 0 Å². The van der Waals surface area contributed by atoms with Crippen molar-refractivity contribution in [3.05, 3.63) is 65.0 Å². The molecule has 0 N–H and O–H groups in total. The first-order chi connectivity index (χ1) is 14.2. The summed E-state index contributed by atoms with van der Waals surface area (Å²) in [4.78, 5) is 4.85. The molecule has 1 atom stereocenters. The molecule has 4 rings (SSSR count). The van der Waals surface area contributed by atoms with Gasteiger partial charge in [-0.05, 0) is 12.1 Å². The number of rotatable bonds is 6. The van der Waals surface area contributed by atoms with E-state index in [-0.39, 0.29) is 0 Å². The smallest absolute Gasteiger partial charge is 0.158 e. The Morgan fingerprint density at radius 1 is 0.931 bits per heavy atom. The van der Waals surface area contributed by atoms with Gasteiger partial charge in [0.1, 0.15) is 29.6 Å². The molecule has 2 heterocycles. The van der Waals surface area contributed by atoms with E-state index < -0.39 is 6.10 Å². The van der Waals surface area contributed by atoms with Crippen LogP contribution in [0.1, 0.15) is 22.9 Å². The van der Waals surface area contributed by atoms with Gasteiger partial charge in [-0.1, -0.05) is 18.2 Å². The molecule has 150 valence electrons. The molecule has 6 nitrogen and oxygen atoms in total. The molecule has 0 radical (unpaired) electrons. The molecule has 1 aromatic heterocycles. The van der Waals surface area contributed by atoms with E-state index in [0.29, 0.717) is 29.6 Å². The number of fused-ring (bicyclic) bond motifs is 2. The monoisotopic (exact) mass is 393 g/mol. The van der Waals surface area contributed by atoms with Crippen molar-refractivity contribution in [2.75, 3.05) is 35.0 Å². The largest absolute Gasteiger partial charge is 0.496 e.